The van der Waals surface area contributed by atoms with Crippen LogP contribution in [0, 0.1) is 0 Å². The lowest BCUT2D eigenvalue weighted by atomic mass is 10.2. The van der Waals surface area contributed by atoms with Gasteiger partial charge in [-0.3, -0.25) is 9.89 Å². The summed E-state index contributed by atoms with van der Waals surface area (Å²) in [6, 6.07) is 0. The first kappa shape index (κ1) is 24.0. The first-order chi connectivity index (χ1) is 13.7. The van der Waals surface area contributed by atoms with Crippen molar-refractivity contribution in [3.05, 3.63) is 48.5 Å². The van der Waals surface area contributed by atoms with Crippen LogP contribution in [0.2, 0.25) is 0 Å². The van der Waals surface area contributed by atoms with Crippen LogP contribution < -0.4 is 5.01 Å². The number of aliphatic imine (C=N–C) groups is 2. The molecule has 2 aliphatic rings. The molecular weight excluding hydrogens is 353 g/mol. The topological polar surface area (TPSA) is 35.6 Å². The minimum atomic E-state index is -0.480. The van der Waals surface area contributed by atoms with Gasteiger partial charge < -0.3 is 0 Å². The summed E-state index contributed by atoms with van der Waals surface area (Å²) >= 11 is 0. The Morgan fingerprint density at radius 2 is 2.11 bits per heavy atom. The molecule has 0 amide bonds. The minimum absolute atomic E-state index is 0.192. The van der Waals surface area contributed by atoms with Crippen molar-refractivity contribution in [3.63, 3.8) is 0 Å². The monoisotopic (exact) mass is 390 g/mol. The van der Waals surface area contributed by atoms with Gasteiger partial charge in [-0.1, -0.05) is 32.9 Å². The van der Waals surface area contributed by atoms with Crippen LogP contribution in [-0.4, -0.2) is 60.9 Å². The van der Waals surface area contributed by atoms with E-state index in [1.807, 2.05) is 45.2 Å². The minimum Gasteiger partial charge on any atom is -0.289 e. The molecule has 2 heterocycles. The van der Waals surface area contributed by atoms with E-state index in [0.29, 0.717) is 0 Å². The maximum absolute atomic E-state index is 12.2. The Bertz CT molecular complexity index is 618. The fourth-order valence-electron chi connectivity index (χ4n) is 3.06. The number of hydrogen-bond donors (Lipinski definition) is 1. The lowest BCUT2D eigenvalue weighted by Crippen LogP contribution is -3.22. The fraction of sp³-hybridized carbons (Fsp3) is 0.545. The molecule has 2 unspecified atom stereocenters. The molecule has 0 aliphatic carbocycles. The average molecular weight is 391 g/mol. The maximum atomic E-state index is 12.2. The van der Waals surface area contributed by atoms with Crippen LogP contribution in [0.3, 0.4) is 0 Å². The molecule has 2 aliphatic heterocycles. The molecule has 156 valence electrons. The Kier molecular flexibility index (Phi) is 12.0. The predicted octanol–water partition coefficient (Wildman–Crippen LogP) is 3.17. The van der Waals surface area contributed by atoms with Gasteiger partial charge in [-0.05, 0) is 31.6 Å². The molecule has 0 radical (unpaired) electrons. The summed E-state index contributed by atoms with van der Waals surface area (Å²) in [7, 11) is 0. The van der Waals surface area contributed by atoms with Gasteiger partial charge in [0.1, 0.15) is 18.6 Å². The SMILES string of the molecule is CC.C\C=C/C(CN1CCN2C(=C[NH+]2C(C)/N=C\C=C/CC)C1)=N\C=C\CF. The molecule has 5 nitrogen and oxygen atoms in total. The summed E-state index contributed by atoms with van der Waals surface area (Å²) in [6.45, 7) is 13.4. The Balaban J connectivity index is 0.00000190. The Hall–Kier alpha value is -2.05. The largest absolute Gasteiger partial charge is 0.289 e. The highest BCUT2D eigenvalue weighted by molar-refractivity contribution is 5.97. The molecule has 6 heteroatoms. The van der Waals surface area contributed by atoms with E-state index in [1.54, 1.807) is 6.20 Å². The van der Waals surface area contributed by atoms with Crippen molar-refractivity contribution in [1.82, 2.24) is 9.91 Å². The number of alkyl halides is 1. The van der Waals surface area contributed by atoms with Crippen LogP contribution in [0.25, 0.3) is 0 Å². The van der Waals surface area contributed by atoms with Gasteiger partial charge >= 0.3 is 0 Å². The second-order valence-corrected chi connectivity index (χ2v) is 6.39. The maximum Gasteiger partial charge on any atom is 0.204 e. The lowest BCUT2D eigenvalue weighted by Gasteiger charge is -2.46. The molecule has 0 saturated carbocycles. The second-order valence-electron chi connectivity index (χ2n) is 6.39. The number of fused-ring (bicyclic) bond motifs is 1. The van der Waals surface area contributed by atoms with Crippen LogP contribution >= 0.6 is 0 Å². The van der Waals surface area contributed by atoms with E-state index in [2.05, 4.69) is 46.0 Å². The molecule has 0 aromatic rings. The highest BCUT2D eigenvalue weighted by Gasteiger charge is 2.39. The zero-order chi connectivity index (χ0) is 20.8. The van der Waals surface area contributed by atoms with Gasteiger partial charge in [0, 0.05) is 39.0 Å². The van der Waals surface area contributed by atoms with Crippen LogP contribution in [0.1, 0.15) is 41.0 Å². The number of quaternary nitrogens is 1. The van der Waals surface area contributed by atoms with E-state index in [1.165, 1.54) is 16.8 Å². The molecule has 0 aromatic heterocycles. The zero-order valence-corrected chi connectivity index (χ0v) is 18.1. The van der Waals surface area contributed by atoms with Gasteiger partial charge in [-0.2, -0.15) is 5.01 Å². The van der Waals surface area contributed by atoms with E-state index in [4.69, 9.17) is 0 Å². The highest BCUT2D eigenvalue weighted by Crippen LogP contribution is 2.14. The molecule has 0 aromatic carbocycles. The predicted molar refractivity (Wildman–Crippen MR) is 118 cm³/mol. The molecule has 1 fully saturated rings. The molecular formula is C22H37FN5+. The number of rotatable bonds is 9. The lowest BCUT2D eigenvalue weighted by molar-refractivity contribution is -1.01. The summed E-state index contributed by atoms with van der Waals surface area (Å²) in [4.78, 5) is 11.3. The van der Waals surface area contributed by atoms with Crippen molar-refractivity contribution in [2.24, 2.45) is 9.98 Å². The Morgan fingerprint density at radius 1 is 1.32 bits per heavy atom. The number of allylic oxidation sites excluding steroid dienone is 4. The normalized spacial score (nSPS) is 21.8. The van der Waals surface area contributed by atoms with E-state index >= 15 is 0 Å². The number of halogens is 1. The number of nitrogens with one attached hydrogen (secondary N) is 1. The molecule has 1 saturated heterocycles. The van der Waals surface area contributed by atoms with Gasteiger partial charge in [0.05, 0.1) is 12.3 Å². The van der Waals surface area contributed by atoms with E-state index < -0.39 is 6.67 Å². The summed E-state index contributed by atoms with van der Waals surface area (Å²) < 4.78 is 12.2. The van der Waals surface area contributed by atoms with Crippen molar-refractivity contribution < 1.29 is 9.40 Å². The standard InChI is InChI=1S/C20H30FN5.C2H6/c1-4-6-7-11-22-18(3)26-17-20-16-24(13-14-25(20)26)15-19(9-5-2)23-12-8-10-21;1-2/h5-9,11-12,17-18H,4,10,13-16H2,1-3H3;1-2H3/p+1/b7-6-,9-5-,12-8+,22-11-,23-19+;. The van der Waals surface area contributed by atoms with Crippen LogP contribution in [-0.2, 0) is 0 Å². The van der Waals surface area contributed by atoms with Crippen LogP contribution in [0.5, 0.6) is 0 Å². The van der Waals surface area contributed by atoms with Crippen molar-refractivity contribution in [2.75, 3.05) is 32.9 Å². The van der Waals surface area contributed by atoms with Crippen molar-refractivity contribution >= 4 is 11.9 Å². The first-order valence-electron chi connectivity index (χ1n) is 10.4. The van der Waals surface area contributed by atoms with Crippen LogP contribution in [0.4, 0.5) is 4.39 Å². The third-order valence-electron chi connectivity index (χ3n) is 4.37. The number of nitrogens with zero attached hydrogens (tertiary/aromatic N) is 4. The van der Waals surface area contributed by atoms with Crippen LogP contribution in [0.15, 0.2) is 58.5 Å². The zero-order valence-electron chi connectivity index (χ0n) is 18.1. The van der Waals surface area contributed by atoms with Gasteiger partial charge in [0.15, 0.2) is 0 Å². The Labute approximate surface area is 170 Å². The summed E-state index contributed by atoms with van der Waals surface area (Å²) in [5, 5.41) is 3.69. The molecule has 0 spiro atoms. The van der Waals surface area contributed by atoms with Gasteiger partial charge in [-0.25, -0.2) is 14.4 Å². The van der Waals surface area contributed by atoms with E-state index in [0.717, 1.165) is 38.3 Å². The fourth-order valence-corrected chi connectivity index (χ4v) is 3.06. The molecule has 2 rings (SSSR count). The van der Waals surface area contributed by atoms with Gasteiger partial charge in [0.2, 0.25) is 6.17 Å². The molecule has 2 atom stereocenters. The summed E-state index contributed by atoms with van der Waals surface area (Å²) in [6.07, 6.45) is 16.4. The van der Waals surface area contributed by atoms with Crippen molar-refractivity contribution in [3.8, 4) is 0 Å². The van der Waals surface area contributed by atoms with E-state index in [9.17, 15) is 4.39 Å². The average Bonchev–Trinajstić information content (AvgIpc) is 2.69. The smallest absolute Gasteiger partial charge is 0.204 e. The quantitative estimate of drug-likeness (QED) is 0.614. The molecule has 28 heavy (non-hydrogen) atoms. The highest BCUT2D eigenvalue weighted by atomic mass is 19.1. The third-order valence-corrected chi connectivity index (χ3v) is 4.37. The van der Waals surface area contributed by atoms with Crippen molar-refractivity contribution in [2.45, 2.75) is 47.2 Å². The summed E-state index contributed by atoms with van der Waals surface area (Å²) in [5.74, 6) is 0. The molecule has 1 N–H and O–H groups in total. The van der Waals surface area contributed by atoms with Crippen molar-refractivity contribution in [1.29, 1.82) is 0 Å². The Morgan fingerprint density at radius 3 is 2.75 bits per heavy atom. The summed E-state index contributed by atoms with van der Waals surface area (Å²) in [5.41, 5.74) is 2.30. The van der Waals surface area contributed by atoms with Gasteiger partial charge in [0.25, 0.3) is 0 Å². The van der Waals surface area contributed by atoms with E-state index in [-0.39, 0.29) is 6.17 Å². The number of hydrogen-bond acceptors (Lipinski definition) is 4. The second kappa shape index (κ2) is 14.0. The van der Waals surface area contributed by atoms with Gasteiger partial charge in [-0.15, -0.1) is 0 Å². The third kappa shape index (κ3) is 7.52. The number of piperazine rings is 1. The molecule has 0 bridgehead atoms. The first-order valence-corrected chi connectivity index (χ1v) is 10.4.